The first-order valence-electron chi connectivity index (χ1n) is 10.3. The lowest BCUT2D eigenvalue weighted by Crippen LogP contribution is -2.33. The fourth-order valence-electron chi connectivity index (χ4n) is 3.76. The Morgan fingerprint density at radius 2 is 1.97 bits per heavy atom. The van der Waals surface area contributed by atoms with Crippen LogP contribution in [0.15, 0.2) is 54.9 Å². The minimum Gasteiger partial charge on any atom is -0.497 e. The largest absolute Gasteiger partial charge is 0.497 e. The molecule has 4 rings (SSSR count). The second kappa shape index (κ2) is 9.53. The number of hydrogen-bond donors (Lipinski definition) is 2. The summed E-state index contributed by atoms with van der Waals surface area (Å²) in [7, 11) is 1.62. The molecule has 1 aliphatic rings. The van der Waals surface area contributed by atoms with Crippen molar-refractivity contribution in [1.29, 1.82) is 0 Å². The molecule has 3 aromatic rings. The zero-order valence-corrected chi connectivity index (χ0v) is 17.7. The predicted octanol–water partition coefficient (Wildman–Crippen LogP) is 3.71. The number of likely N-dealkylation sites (tertiary alicyclic amines) is 1. The molecule has 0 bridgehead atoms. The third-order valence-electron chi connectivity index (χ3n) is 5.22. The molecule has 1 fully saturated rings. The summed E-state index contributed by atoms with van der Waals surface area (Å²) in [5.41, 5.74) is 2.53. The lowest BCUT2D eigenvalue weighted by atomic mass is 10.1. The van der Waals surface area contributed by atoms with Crippen LogP contribution in [0, 0.1) is 6.92 Å². The third kappa shape index (κ3) is 5.35. The fraction of sp³-hybridized carbons (Fsp3) is 0.304. The predicted molar refractivity (Wildman–Crippen MR) is 119 cm³/mol. The van der Waals surface area contributed by atoms with Gasteiger partial charge >= 0.3 is 0 Å². The summed E-state index contributed by atoms with van der Waals surface area (Å²) >= 11 is 0. The highest BCUT2D eigenvalue weighted by molar-refractivity contribution is 5.92. The van der Waals surface area contributed by atoms with Gasteiger partial charge in [0.15, 0.2) is 0 Å². The molecule has 0 aliphatic carbocycles. The van der Waals surface area contributed by atoms with E-state index in [9.17, 15) is 4.79 Å². The van der Waals surface area contributed by atoms with Crippen molar-refractivity contribution in [3.05, 3.63) is 66.2 Å². The fourth-order valence-corrected chi connectivity index (χ4v) is 3.76. The molecule has 0 spiro atoms. The number of carbonyl (C=O) groups is 1. The first-order valence-corrected chi connectivity index (χ1v) is 10.3. The van der Waals surface area contributed by atoms with Gasteiger partial charge in [-0.05, 0) is 62.7 Å². The van der Waals surface area contributed by atoms with Crippen LogP contribution < -0.4 is 15.4 Å². The molecule has 8 heteroatoms. The number of rotatable bonds is 7. The van der Waals surface area contributed by atoms with Crippen LogP contribution in [0.25, 0.3) is 0 Å². The van der Waals surface area contributed by atoms with E-state index in [2.05, 4.69) is 25.5 Å². The van der Waals surface area contributed by atoms with Crippen molar-refractivity contribution in [1.82, 2.24) is 19.9 Å². The highest BCUT2D eigenvalue weighted by Crippen LogP contribution is 2.31. The van der Waals surface area contributed by atoms with E-state index in [-0.39, 0.29) is 11.9 Å². The molecule has 1 aliphatic heterocycles. The summed E-state index contributed by atoms with van der Waals surface area (Å²) in [5, 5.41) is 6.16. The quantitative estimate of drug-likeness (QED) is 0.604. The molecule has 2 N–H and O–H groups in total. The molecule has 1 atom stereocenters. The summed E-state index contributed by atoms with van der Waals surface area (Å²) in [6.45, 7) is 3.09. The summed E-state index contributed by atoms with van der Waals surface area (Å²) in [6, 6.07) is 13.2. The van der Waals surface area contributed by atoms with Crippen molar-refractivity contribution in [3.8, 4) is 5.75 Å². The van der Waals surface area contributed by atoms with Crippen LogP contribution in [0.1, 0.15) is 30.3 Å². The van der Waals surface area contributed by atoms with Crippen LogP contribution in [0.2, 0.25) is 0 Å². The topological polar surface area (TPSA) is 92.3 Å². The number of ether oxygens (including phenoxy) is 1. The Bertz CT molecular complexity index is 1040. The molecule has 0 radical (unpaired) electrons. The number of amides is 1. The molecule has 3 heterocycles. The minimum atomic E-state index is -0.0525. The number of aromatic nitrogens is 3. The Labute approximate surface area is 181 Å². The zero-order valence-electron chi connectivity index (χ0n) is 17.7. The first kappa shape index (κ1) is 20.7. The van der Waals surface area contributed by atoms with Gasteiger partial charge < -0.3 is 15.4 Å². The standard InChI is InChI=1S/C23H26N6O2/c1-16-5-3-7-21(25-16)28-22-14-24-13-19(27-22)20-6-4-12-29(20)15-23(30)26-17-8-10-18(31-2)11-9-17/h3,5,7-11,13-14,20H,4,6,12,15H2,1-2H3,(H,26,30)(H,25,27,28). The normalized spacial score (nSPS) is 16.1. The molecule has 1 amide bonds. The first-order chi connectivity index (χ1) is 15.1. The van der Waals surface area contributed by atoms with Crippen LogP contribution in [0.3, 0.4) is 0 Å². The SMILES string of the molecule is COc1ccc(NC(=O)CN2CCCC2c2cncc(Nc3cccc(C)n3)n2)cc1. The third-order valence-corrected chi connectivity index (χ3v) is 5.22. The Hall–Kier alpha value is -3.52. The van der Waals surface area contributed by atoms with Crippen molar-refractivity contribution < 1.29 is 9.53 Å². The van der Waals surface area contributed by atoms with E-state index >= 15 is 0 Å². The number of aryl methyl sites for hydroxylation is 1. The maximum absolute atomic E-state index is 12.6. The van der Waals surface area contributed by atoms with E-state index < -0.39 is 0 Å². The molecule has 2 aromatic heterocycles. The maximum Gasteiger partial charge on any atom is 0.238 e. The monoisotopic (exact) mass is 418 g/mol. The summed E-state index contributed by atoms with van der Waals surface area (Å²) in [5.74, 6) is 2.08. The van der Waals surface area contributed by atoms with Crippen LogP contribution >= 0.6 is 0 Å². The minimum absolute atomic E-state index is 0.0525. The summed E-state index contributed by atoms with van der Waals surface area (Å²) in [6.07, 6.45) is 5.41. The van der Waals surface area contributed by atoms with Gasteiger partial charge in [-0.1, -0.05) is 6.07 Å². The van der Waals surface area contributed by atoms with E-state index in [0.29, 0.717) is 12.4 Å². The second-order valence-electron chi connectivity index (χ2n) is 7.52. The zero-order chi connectivity index (χ0) is 21.6. The molecule has 1 unspecified atom stereocenters. The highest BCUT2D eigenvalue weighted by atomic mass is 16.5. The number of nitrogens with one attached hydrogen (secondary N) is 2. The molecule has 1 aromatic carbocycles. The molecule has 31 heavy (non-hydrogen) atoms. The van der Waals surface area contributed by atoms with E-state index in [4.69, 9.17) is 9.72 Å². The number of nitrogens with zero attached hydrogens (tertiary/aromatic N) is 4. The number of hydrogen-bond acceptors (Lipinski definition) is 7. The van der Waals surface area contributed by atoms with Gasteiger partial charge in [0.1, 0.15) is 17.4 Å². The Kier molecular flexibility index (Phi) is 6.37. The average molecular weight is 419 g/mol. The van der Waals surface area contributed by atoms with Gasteiger partial charge in [0.2, 0.25) is 5.91 Å². The average Bonchev–Trinajstić information content (AvgIpc) is 3.22. The van der Waals surface area contributed by atoms with Crippen LogP contribution in [0.5, 0.6) is 5.75 Å². The second-order valence-corrected chi connectivity index (χ2v) is 7.52. The van der Waals surface area contributed by atoms with E-state index in [1.54, 1.807) is 19.5 Å². The Morgan fingerprint density at radius 1 is 1.13 bits per heavy atom. The van der Waals surface area contributed by atoms with Crippen molar-refractivity contribution in [2.24, 2.45) is 0 Å². The number of pyridine rings is 1. The molecule has 160 valence electrons. The number of anilines is 3. The number of carbonyl (C=O) groups excluding carboxylic acids is 1. The van der Waals surface area contributed by atoms with Gasteiger partial charge in [0.05, 0.1) is 37.8 Å². The number of methoxy groups -OCH3 is 1. The van der Waals surface area contributed by atoms with Crippen molar-refractivity contribution in [3.63, 3.8) is 0 Å². The molecular weight excluding hydrogens is 392 g/mol. The summed E-state index contributed by atoms with van der Waals surface area (Å²) < 4.78 is 5.15. The molecule has 0 saturated carbocycles. The maximum atomic E-state index is 12.6. The molecule has 1 saturated heterocycles. The van der Waals surface area contributed by atoms with Crippen LogP contribution in [-0.2, 0) is 4.79 Å². The van der Waals surface area contributed by atoms with Crippen molar-refractivity contribution >= 4 is 23.2 Å². The van der Waals surface area contributed by atoms with Gasteiger partial charge in [0, 0.05) is 11.4 Å². The summed E-state index contributed by atoms with van der Waals surface area (Å²) in [4.78, 5) is 28.3. The molecule has 8 nitrogen and oxygen atoms in total. The van der Waals surface area contributed by atoms with E-state index in [1.165, 1.54) is 0 Å². The van der Waals surface area contributed by atoms with Crippen LogP contribution in [0.4, 0.5) is 17.3 Å². The highest BCUT2D eigenvalue weighted by Gasteiger charge is 2.29. The van der Waals surface area contributed by atoms with Gasteiger partial charge in [-0.25, -0.2) is 9.97 Å². The van der Waals surface area contributed by atoms with Gasteiger partial charge in [-0.3, -0.25) is 14.7 Å². The van der Waals surface area contributed by atoms with Gasteiger partial charge in [-0.15, -0.1) is 0 Å². The van der Waals surface area contributed by atoms with E-state index in [1.807, 2.05) is 49.4 Å². The lowest BCUT2D eigenvalue weighted by molar-refractivity contribution is -0.117. The smallest absolute Gasteiger partial charge is 0.238 e. The Balaban J connectivity index is 1.41. The number of benzene rings is 1. The van der Waals surface area contributed by atoms with Gasteiger partial charge in [0.25, 0.3) is 0 Å². The van der Waals surface area contributed by atoms with Crippen molar-refractivity contribution in [2.75, 3.05) is 30.8 Å². The van der Waals surface area contributed by atoms with Crippen LogP contribution in [-0.4, -0.2) is 46.0 Å². The van der Waals surface area contributed by atoms with E-state index in [0.717, 1.165) is 48.0 Å². The Morgan fingerprint density at radius 3 is 2.74 bits per heavy atom. The van der Waals surface area contributed by atoms with Gasteiger partial charge in [-0.2, -0.15) is 0 Å². The lowest BCUT2D eigenvalue weighted by Gasteiger charge is -2.23. The molecular formula is C23H26N6O2. The van der Waals surface area contributed by atoms with Crippen molar-refractivity contribution in [2.45, 2.75) is 25.8 Å².